The molecule has 8 heteroatoms. The zero-order valence-corrected chi connectivity index (χ0v) is 17.7. The van der Waals surface area contributed by atoms with E-state index >= 15 is 0 Å². The molecule has 0 spiro atoms. The van der Waals surface area contributed by atoms with Crippen LogP contribution in [0.1, 0.15) is 34.1 Å². The van der Waals surface area contributed by atoms with Crippen LogP contribution in [0.25, 0.3) is 10.2 Å². The molecule has 2 aromatic heterocycles. The molecule has 0 N–H and O–H groups in total. The lowest BCUT2D eigenvalue weighted by Crippen LogP contribution is -2.48. The number of anilines is 1. The van der Waals surface area contributed by atoms with Crippen molar-refractivity contribution in [2.24, 2.45) is 0 Å². The van der Waals surface area contributed by atoms with E-state index in [1.807, 2.05) is 36.1 Å². The summed E-state index contributed by atoms with van der Waals surface area (Å²) >= 11 is 7.49. The number of piperazine rings is 1. The van der Waals surface area contributed by atoms with Crippen LogP contribution in [-0.4, -0.2) is 46.5 Å². The molecule has 1 aliphatic carbocycles. The Balaban J connectivity index is 1.39. The molecule has 3 aromatic rings. The molecule has 0 atom stereocenters. The molecule has 1 saturated heterocycles. The maximum atomic E-state index is 13.3. The maximum Gasteiger partial charge on any atom is 0.271 e. The predicted molar refractivity (Wildman–Crippen MR) is 116 cm³/mol. The third-order valence-electron chi connectivity index (χ3n) is 5.69. The second-order valence-corrected chi connectivity index (χ2v) is 9.32. The second-order valence-electron chi connectivity index (χ2n) is 7.66. The molecule has 29 heavy (non-hydrogen) atoms. The van der Waals surface area contributed by atoms with Crippen LogP contribution < -0.4 is 10.5 Å². The Morgan fingerprint density at radius 3 is 2.66 bits per heavy atom. The topological polar surface area (TPSA) is 58.4 Å². The first-order valence-corrected chi connectivity index (χ1v) is 11.0. The van der Waals surface area contributed by atoms with Gasteiger partial charge in [0.15, 0.2) is 0 Å². The number of aryl methyl sites for hydroxylation is 1. The lowest BCUT2D eigenvalue weighted by atomic mass is 10.1. The summed E-state index contributed by atoms with van der Waals surface area (Å²) in [4.78, 5) is 35.5. The van der Waals surface area contributed by atoms with E-state index < -0.39 is 0 Å². The molecule has 2 fully saturated rings. The molecule has 1 aromatic carbocycles. The van der Waals surface area contributed by atoms with Crippen molar-refractivity contribution in [1.82, 2.24) is 14.5 Å². The molecule has 1 saturated carbocycles. The highest BCUT2D eigenvalue weighted by Crippen LogP contribution is 2.35. The van der Waals surface area contributed by atoms with Crippen LogP contribution in [0, 0.1) is 6.92 Å². The summed E-state index contributed by atoms with van der Waals surface area (Å²) in [5.41, 5.74) is 2.19. The molecule has 0 bridgehead atoms. The largest absolute Gasteiger partial charge is 0.368 e. The third-order valence-corrected chi connectivity index (χ3v) is 7.01. The zero-order valence-electron chi connectivity index (χ0n) is 16.1. The van der Waals surface area contributed by atoms with Gasteiger partial charge in [0.1, 0.15) is 10.2 Å². The van der Waals surface area contributed by atoms with Gasteiger partial charge in [-0.3, -0.25) is 14.2 Å². The van der Waals surface area contributed by atoms with Gasteiger partial charge >= 0.3 is 0 Å². The predicted octanol–water partition coefficient (Wildman–Crippen LogP) is 3.72. The summed E-state index contributed by atoms with van der Waals surface area (Å²) in [6.45, 7) is 4.65. The first kappa shape index (κ1) is 18.6. The quantitative estimate of drug-likeness (QED) is 0.638. The van der Waals surface area contributed by atoms with Gasteiger partial charge in [0, 0.05) is 47.8 Å². The molecule has 1 amide bonds. The lowest BCUT2D eigenvalue weighted by molar-refractivity contribution is 0.0748. The van der Waals surface area contributed by atoms with Crippen molar-refractivity contribution < 1.29 is 4.79 Å². The summed E-state index contributed by atoms with van der Waals surface area (Å²) < 4.78 is 2.31. The maximum absolute atomic E-state index is 13.3. The van der Waals surface area contributed by atoms with Gasteiger partial charge in [0.25, 0.3) is 11.5 Å². The van der Waals surface area contributed by atoms with Gasteiger partial charge in [-0.25, -0.2) is 4.98 Å². The van der Waals surface area contributed by atoms with E-state index in [9.17, 15) is 9.59 Å². The SMILES string of the molecule is Cc1sc2c(=O)n(C3CC3)cnc2c1C(=O)N1CCN(c2cccc(Cl)c2)CC1. The van der Waals surface area contributed by atoms with Crippen LogP contribution in [-0.2, 0) is 0 Å². The Hall–Kier alpha value is -2.38. The molecular weight excluding hydrogens is 408 g/mol. The molecule has 0 unspecified atom stereocenters. The van der Waals surface area contributed by atoms with Gasteiger partial charge in [0.2, 0.25) is 0 Å². The summed E-state index contributed by atoms with van der Waals surface area (Å²) in [5, 5.41) is 0.712. The fourth-order valence-corrected chi connectivity index (χ4v) is 5.17. The zero-order chi connectivity index (χ0) is 20.1. The van der Waals surface area contributed by atoms with Gasteiger partial charge in [0.05, 0.1) is 11.9 Å². The van der Waals surface area contributed by atoms with E-state index in [0.29, 0.717) is 33.9 Å². The van der Waals surface area contributed by atoms with E-state index in [0.717, 1.165) is 36.5 Å². The van der Waals surface area contributed by atoms with Crippen molar-refractivity contribution in [3.05, 3.63) is 56.4 Å². The van der Waals surface area contributed by atoms with Gasteiger partial charge < -0.3 is 9.80 Å². The Morgan fingerprint density at radius 1 is 1.21 bits per heavy atom. The minimum atomic E-state index is -0.0319. The third kappa shape index (κ3) is 3.32. The molecule has 2 aliphatic rings. The number of rotatable bonds is 3. The van der Waals surface area contributed by atoms with Gasteiger partial charge in [-0.15, -0.1) is 11.3 Å². The summed E-state index contributed by atoms with van der Waals surface area (Å²) in [6, 6.07) is 8.06. The molecular formula is C21H21ClN4O2S. The van der Waals surface area contributed by atoms with Gasteiger partial charge in [-0.05, 0) is 38.0 Å². The molecule has 1 aliphatic heterocycles. The van der Waals surface area contributed by atoms with Crippen LogP contribution in [0.3, 0.4) is 0 Å². The number of carbonyl (C=O) groups excluding carboxylic acids is 1. The van der Waals surface area contributed by atoms with Crippen molar-refractivity contribution in [2.75, 3.05) is 31.1 Å². The van der Waals surface area contributed by atoms with Gasteiger partial charge in [-0.2, -0.15) is 0 Å². The first-order chi connectivity index (χ1) is 14.0. The second kappa shape index (κ2) is 7.15. The van der Waals surface area contributed by atoms with E-state index in [1.54, 1.807) is 10.9 Å². The Labute approximate surface area is 177 Å². The smallest absolute Gasteiger partial charge is 0.271 e. The number of benzene rings is 1. The Morgan fingerprint density at radius 2 is 1.97 bits per heavy atom. The molecule has 6 nitrogen and oxygen atoms in total. The van der Waals surface area contributed by atoms with Crippen LogP contribution >= 0.6 is 22.9 Å². The fraction of sp³-hybridized carbons (Fsp3) is 0.381. The number of nitrogens with zero attached hydrogens (tertiary/aromatic N) is 4. The average molecular weight is 429 g/mol. The number of aromatic nitrogens is 2. The number of hydrogen-bond donors (Lipinski definition) is 0. The summed E-state index contributed by atoms with van der Waals surface area (Å²) in [5.74, 6) is -0.0319. The fourth-order valence-electron chi connectivity index (χ4n) is 3.95. The monoisotopic (exact) mass is 428 g/mol. The van der Waals surface area contributed by atoms with Crippen molar-refractivity contribution in [3.8, 4) is 0 Å². The lowest BCUT2D eigenvalue weighted by Gasteiger charge is -2.36. The Kier molecular flexibility index (Phi) is 4.59. The average Bonchev–Trinajstić information content (AvgIpc) is 3.50. The summed E-state index contributed by atoms with van der Waals surface area (Å²) in [6.07, 6.45) is 3.67. The van der Waals surface area contributed by atoms with Crippen molar-refractivity contribution in [1.29, 1.82) is 0 Å². The van der Waals surface area contributed by atoms with Crippen molar-refractivity contribution in [2.45, 2.75) is 25.8 Å². The molecule has 0 radical (unpaired) electrons. The highest BCUT2D eigenvalue weighted by molar-refractivity contribution is 7.19. The normalized spacial score (nSPS) is 17.2. The van der Waals surface area contributed by atoms with E-state index in [-0.39, 0.29) is 17.5 Å². The van der Waals surface area contributed by atoms with Crippen LogP contribution in [0.2, 0.25) is 5.02 Å². The standard InChI is InChI=1S/C21H21ClN4O2S/c1-13-17(18-19(29-13)21(28)26(12-23-18)15-5-6-15)20(27)25-9-7-24(8-10-25)16-4-2-3-14(22)11-16/h2-4,11-12,15H,5-10H2,1H3. The van der Waals surface area contributed by atoms with E-state index in [1.165, 1.54) is 11.3 Å². The van der Waals surface area contributed by atoms with E-state index in [2.05, 4.69) is 9.88 Å². The minimum absolute atomic E-state index is 0.0181. The Bertz CT molecular complexity index is 1160. The number of carbonyl (C=O) groups is 1. The van der Waals surface area contributed by atoms with Crippen LogP contribution in [0.15, 0.2) is 35.4 Å². The van der Waals surface area contributed by atoms with Crippen molar-refractivity contribution in [3.63, 3.8) is 0 Å². The van der Waals surface area contributed by atoms with Crippen molar-refractivity contribution >= 4 is 44.7 Å². The highest BCUT2D eigenvalue weighted by Gasteiger charge is 2.30. The van der Waals surface area contributed by atoms with Crippen LogP contribution in [0.4, 0.5) is 5.69 Å². The number of amides is 1. The first-order valence-electron chi connectivity index (χ1n) is 9.83. The highest BCUT2D eigenvalue weighted by atomic mass is 35.5. The number of hydrogen-bond acceptors (Lipinski definition) is 5. The number of halogens is 1. The van der Waals surface area contributed by atoms with E-state index in [4.69, 9.17) is 11.6 Å². The minimum Gasteiger partial charge on any atom is -0.368 e. The molecule has 150 valence electrons. The molecule has 3 heterocycles. The van der Waals surface area contributed by atoms with Gasteiger partial charge in [-0.1, -0.05) is 17.7 Å². The number of thiophene rings is 1. The number of fused-ring (bicyclic) bond motifs is 1. The molecule has 5 rings (SSSR count). The summed E-state index contributed by atoms with van der Waals surface area (Å²) in [7, 11) is 0. The van der Waals surface area contributed by atoms with Crippen LogP contribution in [0.5, 0.6) is 0 Å².